The first-order chi connectivity index (χ1) is 13.0. The quantitative estimate of drug-likeness (QED) is 0.700. The van der Waals surface area contributed by atoms with Gasteiger partial charge in [0.05, 0.1) is 22.9 Å². The molecule has 7 nitrogen and oxygen atoms in total. The van der Waals surface area contributed by atoms with Gasteiger partial charge < -0.3 is 9.64 Å². The van der Waals surface area contributed by atoms with E-state index in [4.69, 9.17) is 4.74 Å². The first-order valence-corrected chi connectivity index (χ1v) is 13.0. The van der Waals surface area contributed by atoms with Crippen LogP contribution in [0.25, 0.3) is 0 Å². The molecule has 0 amide bonds. The minimum absolute atomic E-state index is 0.0967. The number of hydrogen-bond donors (Lipinski definition) is 0. The highest BCUT2D eigenvalue weighted by Crippen LogP contribution is 2.38. The average Bonchev–Trinajstić information content (AvgIpc) is 3.08. The lowest BCUT2D eigenvalue weighted by Gasteiger charge is -2.36. The van der Waals surface area contributed by atoms with E-state index in [9.17, 15) is 16.8 Å². The molecule has 1 aliphatic heterocycles. The molecule has 0 aliphatic carbocycles. The van der Waals surface area contributed by atoms with Gasteiger partial charge in [-0.1, -0.05) is 36.0 Å². The van der Waals surface area contributed by atoms with E-state index >= 15 is 0 Å². The highest BCUT2D eigenvalue weighted by Gasteiger charge is 2.34. The molecule has 1 aliphatic rings. The van der Waals surface area contributed by atoms with Crippen molar-refractivity contribution in [2.45, 2.75) is 54.2 Å². The molecule has 28 heavy (non-hydrogen) atoms. The SMILES string of the molecule is CCS(=O)(=O)c1nc(S(=O)(=O)c2ccc(C)cc2)c(N2C[C@@H](C)O[C@H](C)C2)s1. The highest BCUT2D eigenvalue weighted by molar-refractivity contribution is 7.94. The Balaban J connectivity index is 2.17. The molecule has 2 heterocycles. The van der Waals surface area contributed by atoms with Crippen LogP contribution in [-0.2, 0) is 24.4 Å². The minimum atomic E-state index is -3.97. The molecule has 0 unspecified atom stereocenters. The van der Waals surface area contributed by atoms with Crippen LogP contribution in [0.3, 0.4) is 0 Å². The van der Waals surface area contributed by atoms with Crippen LogP contribution in [0, 0.1) is 6.92 Å². The highest BCUT2D eigenvalue weighted by atomic mass is 32.2. The van der Waals surface area contributed by atoms with Crippen LogP contribution in [0.5, 0.6) is 0 Å². The van der Waals surface area contributed by atoms with Crippen molar-refractivity contribution in [3.63, 3.8) is 0 Å². The van der Waals surface area contributed by atoms with Gasteiger partial charge in [0.2, 0.25) is 24.0 Å². The van der Waals surface area contributed by atoms with Gasteiger partial charge in [0, 0.05) is 13.1 Å². The zero-order valence-electron chi connectivity index (χ0n) is 16.2. The normalized spacial score (nSPS) is 21.1. The number of aryl methyl sites for hydroxylation is 1. The molecule has 0 spiro atoms. The molecule has 1 aromatic carbocycles. The van der Waals surface area contributed by atoms with E-state index < -0.39 is 19.7 Å². The van der Waals surface area contributed by atoms with Gasteiger partial charge in [0.25, 0.3) is 0 Å². The number of ether oxygens (including phenoxy) is 1. The zero-order chi connectivity index (χ0) is 20.7. The minimum Gasteiger partial charge on any atom is -0.372 e. The molecule has 2 aromatic rings. The van der Waals surface area contributed by atoms with Crippen molar-refractivity contribution in [3.8, 4) is 0 Å². The third kappa shape index (κ3) is 4.10. The number of sulfone groups is 2. The van der Waals surface area contributed by atoms with Crippen LogP contribution in [-0.4, -0.2) is 52.9 Å². The Bertz CT molecular complexity index is 1050. The molecule has 0 N–H and O–H groups in total. The fourth-order valence-corrected chi connectivity index (χ4v) is 7.23. The molecule has 1 aromatic heterocycles. The van der Waals surface area contributed by atoms with E-state index in [1.54, 1.807) is 12.1 Å². The van der Waals surface area contributed by atoms with Crippen LogP contribution in [0.2, 0.25) is 0 Å². The largest absolute Gasteiger partial charge is 0.372 e. The summed E-state index contributed by atoms with van der Waals surface area (Å²) in [6.07, 6.45) is -0.209. The van der Waals surface area contributed by atoms with Gasteiger partial charge in [0.1, 0.15) is 5.00 Å². The average molecular weight is 445 g/mol. The van der Waals surface area contributed by atoms with E-state index in [2.05, 4.69) is 4.98 Å². The second-order valence-electron chi connectivity index (χ2n) is 6.97. The Labute approximate surface area is 170 Å². The van der Waals surface area contributed by atoms with Crippen molar-refractivity contribution in [3.05, 3.63) is 29.8 Å². The van der Waals surface area contributed by atoms with Crippen LogP contribution in [0.15, 0.2) is 38.5 Å². The Morgan fingerprint density at radius 3 is 2.21 bits per heavy atom. The molecule has 0 saturated carbocycles. The van der Waals surface area contributed by atoms with Gasteiger partial charge in [-0.15, -0.1) is 0 Å². The monoisotopic (exact) mass is 444 g/mol. The number of benzene rings is 1. The Morgan fingerprint density at radius 2 is 1.68 bits per heavy atom. The van der Waals surface area contributed by atoms with Crippen molar-refractivity contribution in [1.82, 2.24) is 4.98 Å². The number of aromatic nitrogens is 1. The number of morpholine rings is 1. The lowest BCUT2D eigenvalue weighted by Crippen LogP contribution is -2.45. The molecular weight excluding hydrogens is 420 g/mol. The summed E-state index contributed by atoms with van der Waals surface area (Å²) in [4.78, 5) is 6.07. The molecule has 1 fully saturated rings. The van der Waals surface area contributed by atoms with Crippen molar-refractivity contribution < 1.29 is 21.6 Å². The third-order valence-corrected chi connectivity index (χ3v) is 9.62. The molecule has 0 radical (unpaired) electrons. The van der Waals surface area contributed by atoms with Crippen molar-refractivity contribution in [1.29, 1.82) is 0 Å². The maximum Gasteiger partial charge on any atom is 0.226 e. The summed E-state index contributed by atoms with van der Waals surface area (Å²) in [5.74, 6) is -0.139. The van der Waals surface area contributed by atoms with Gasteiger partial charge in [-0.25, -0.2) is 21.8 Å². The number of anilines is 1. The number of nitrogens with zero attached hydrogens (tertiary/aromatic N) is 2. The van der Waals surface area contributed by atoms with Gasteiger partial charge >= 0.3 is 0 Å². The van der Waals surface area contributed by atoms with E-state index in [1.165, 1.54) is 19.1 Å². The molecule has 3 rings (SSSR count). The summed E-state index contributed by atoms with van der Waals surface area (Å²) < 4.78 is 56.9. The molecular formula is C18H24N2O5S3. The lowest BCUT2D eigenvalue weighted by molar-refractivity contribution is -0.00517. The maximum absolute atomic E-state index is 13.3. The summed E-state index contributed by atoms with van der Waals surface area (Å²) in [6, 6.07) is 6.46. The first-order valence-electron chi connectivity index (χ1n) is 9.00. The number of rotatable bonds is 5. The van der Waals surface area contributed by atoms with E-state index in [-0.39, 0.29) is 32.2 Å². The molecule has 0 bridgehead atoms. The maximum atomic E-state index is 13.3. The van der Waals surface area contributed by atoms with Crippen molar-refractivity contribution in [2.24, 2.45) is 0 Å². The topological polar surface area (TPSA) is 93.6 Å². The molecule has 154 valence electrons. The molecule has 2 atom stereocenters. The van der Waals surface area contributed by atoms with Gasteiger partial charge in [0.15, 0.2) is 5.03 Å². The summed E-state index contributed by atoms with van der Waals surface area (Å²) in [5, 5.41) is 0.157. The zero-order valence-corrected chi connectivity index (χ0v) is 18.7. The standard InChI is InChI=1S/C18H24N2O5S3/c1-5-27(21,22)18-19-16(28(23,24)15-8-6-12(2)7-9-15)17(26-18)20-10-13(3)25-14(4)11-20/h6-9,13-14H,5,10-11H2,1-4H3/t13-,14-/m1/s1. The summed E-state index contributed by atoms with van der Waals surface area (Å²) >= 11 is 0.918. The smallest absolute Gasteiger partial charge is 0.226 e. The summed E-state index contributed by atoms with van der Waals surface area (Å²) in [7, 11) is -7.60. The number of hydrogen-bond acceptors (Lipinski definition) is 8. The summed E-state index contributed by atoms with van der Waals surface area (Å²) in [5.41, 5.74) is 0.933. The van der Waals surface area contributed by atoms with Crippen LogP contribution < -0.4 is 4.90 Å². The summed E-state index contributed by atoms with van der Waals surface area (Å²) in [6.45, 7) is 8.13. The second-order valence-corrected chi connectivity index (χ2v) is 12.3. The molecule has 10 heteroatoms. The predicted molar refractivity (Wildman–Crippen MR) is 109 cm³/mol. The van der Waals surface area contributed by atoms with Gasteiger partial charge in [-0.3, -0.25) is 0 Å². The Kier molecular flexibility index (Phi) is 5.86. The van der Waals surface area contributed by atoms with Gasteiger partial charge in [-0.05, 0) is 32.9 Å². The molecule has 1 saturated heterocycles. The third-order valence-electron chi connectivity index (χ3n) is 4.50. The van der Waals surface area contributed by atoms with E-state index in [0.29, 0.717) is 18.1 Å². The van der Waals surface area contributed by atoms with E-state index in [0.717, 1.165) is 16.9 Å². The Morgan fingerprint density at radius 1 is 1.11 bits per heavy atom. The van der Waals surface area contributed by atoms with Crippen molar-refractivity contribution in [2.75, 3.05) is 23.7 Å². The van der Waals surface area contributed by atoms with Crippen LogP contribution in [0.1, 0.15) is 26.3 Å². The first kappa shape index (κ1) is 21.2. The second kappa shape index (κ2) is 7.74. The Hall–Kier alpha value is -1.49. The van der Waals surface area contributed by atoms with E-state index in [1.807, 2.05) is 25.7 Å². The predicted octanol–water partition coefficient (Wildman–Crippen LogP) is 2.69. The fourth-order valence-electron chi connectivity index (χ4n) is 3.08. The fraction of sp³-hybridized carbons (Fsp3) is 0.500. The van der Waals surface area contributed by atoms with Crippen LogP contribution in [0.4, 0.5) is 5.00 Å². The lowest BCUT2D eigenvalue weighted by atomic mass is 10.2. The van der Waals surface area contributed by atoms with Gasteiger partial charge in [-0.2, -0.15) is 0 Å². The number of thiazole rings is 1. The van der Waals surface area contributed by atoms with Crippen molar-refractivity contribution >= 4 is 36.0 Å². The van der Waals surface area contributed by atoms with Crippen LogP contribution >= 0.6 is 11.3 Å².